The molecule has 0 aliphatic carbocycles. The van der Waals surface area contributed by atoms with E-state index in [1.807, 2.05) is 12.1 Å². The summed E-state index contributed by atoms with van der Waals surface area (Å²) in [4.78, 5) is 27.6. The number of carbonyl (C=O) groups excluding carboxylic acids is 1. The monoisotopic (exact) mass is 346 g/mol. The first kappa shape index (κ1) is 18.5. The molecule has 2 N–H and O–H groups in total. The maximum absolute atomic E-state index is 11.8. The lowest BCUT2D eigenvalue weighted by molar-refractivity contribution is -0.139. The number of rotatable bonds is 5. The number of alkyl carbamates (subject to hydrolysis) is 1. The predicted molar refractivity (Wildman–Crippen MR) is 92.8 cm³/mol. The van der Waals surface area contributed by atoms with Crippen LogP contribution >= 0.6 is 0 Å². The highest BCUT2D eigenvalue weighted by atomic mass is 16.6. The van der Waals surface area contributed by atoms with Crippen molar-refractivity contribution in [1.29, 1.82) is 0 Å². The second kappa shape index (κ2) is 7.38. The lowest BCUT2D eigenvalue weighted by Gasteiger charge is -2.22. The molecule has 1 unspecified atom stereocenters. The van der Waals surface area contributed by atoms with E-state index in [1.165, 1.54) is 0 Å². The van der Waals surface area contributed by atoms with Gasteiger partial charge in [-0.15, -0.1) is 0 Å². The first-order valence-corrected chi connectivity index (χ1v) is 7.84. The van der Waals surface area contributed by atoms with E-state index >= 15 is 0 Å². The van der Waals surface area contributed by atoms with Gasteiger partial charge in [0.1, 0.15) is 11.6 Å². The second-order valence-corrected chi connectivity index (χ2v) is 6.62. The molecule has 0 aliphatic rings. The van der Waals surface area contributed by atoms with Gasteiger partial charge in [-0.2, -0.15) is 0 Å². The van der Waals surface area contributed by atoms with Gasteiger partial charge in [0.2, 0.25) is 5.88 Å². The lowest BCUT2D eigenvalue weighted by Crippen LogP contribution is -2.44. The van der Waals surface area contributed by atoms with Crippen molar-refractivity contribution >= 4 is 23.0 Å². The van der Waals surface area contributed by atoms with E-state index < -0.39 is 23.7 Å². The topological polar surface area (TPSA) is 97.8 Å². The van der Waals surface area contributed by atoms with Crippen molar-refractivity contribution in [3.05, 3.63) is 35.9 Å². The van der Waals surface area contributed by atoms with Crippen LogP contribution in [0.1, 0.15) is 26.3 Å². The summed E-state index contributed by atoms with van der Waals surface area (Å²) in [6.07, 6.45) is -0.622. The van der Waals surface area contributed by atoms with Crippen molar-refractivity contribution in [1.82, 2.24) is 10.3 Å². The first-order valence-electron chi connectivity index (χ1n) is 7.84. The number of hydrogen-bond donors (Lipinski definition) is 2. The molecule has 1 heterocycles. The van der Waals surface area contributed by atoms with Crippen molar-refractivity contribution in [3.8, 4) is 5.88 Å². The van der Waals surface area contributed by atoms with E-state index in [9.17, 15) is 14.7 Å². The highest BCUT2D eigenvalue weighted by molar-refractivity contribution is 5.82. The van der Waals surface area contributed by atoms with E-state index in [1.54, 1.807) is 46.1 Å². The molecule has 0 spiro atoms. The van der Waals surface area contributed by atoms with Gasteiger partial charge in [-0.1, -0.05) is 6.07 Å². The number of pyridine rings is 1. The molecule has 0 bridgehead atoms. The fourth-order valence-electron chi connectivity index (χ4n) is 2.28. The molecule has 2 rings (SSSR count). The van der Waals surface area contributed by atoms with Crippen molar-refractivity contribution < 1.29 is 24.2 Å². The van der Waals surface area contributed by atoms with Crippen LogP contribution in [0.5, 0.6) is 5.88 Å². The number of hydrogen-bond acceptors (Lipinski definition) is 5. The molecule has 0 aliphatic heterocycles. The zero-order valence-corrected chi connectivity index (χ0v) is 14.7. The molecule has 0 saturated heterocycles. The smallest absolute Gasteiger partial charge is 0.408 e. The van der Waals surface area contributed by atoms with Crippen LogP contribution in [0.2, 0.25) is 0 Å². The Hall–Kier alpha value is -2.83. The summed E-state index contributed by atoms with van der Waals surface area (Å²) in [5.74, 6) is -0.617. The third-order valence-corrected chi connectivity index (χ3v) is 3.37. The first-order chi connectivity index (χ1) is 11.7. The SMILES string of the molecule is COc1ccc2cc(CC(NC(=O)OC(C)(C)C)C(=O)O)ccc2n1. The number of aromatic nitrogens is 1. The summed E-state index contributed by atoms with van der Waals surface area (Å²) >= 11 is 0. The second-order valence-electron chi connectivity index (χ2n) is 6.62. The van der Waals surface area contributed by atoms with Crippen LogP contribution in [0, 0.1) is 0 Å². The van der Waals surface area contributed by atoms with Crippen molar-refractivity contribution in [2.24, 2.45) is 0 Å². The molecule has 1 atom stereocenters. The van der Waals surface area contributed by atoms with Gasteiger partial charge < -0.3 is 19.9 Å². The number of carboxylic acids is 1. The fourth-order valence-corrected chi connectivity index (χ4v) is 2.28. The van der Waals surface area contributed by atoms with Crippen molar-refractivity contribution in [2.45, 2.75) is 38.8 Å². The Bertz CT molecular complexity index is 783. The average molecular weight is 346 g/mol. The van der Waals surface area contributed by atoms with Crippen LogP contribution in [0.3, 0.4) is 0 Å². The van der Waals surface area contributed by atoms with E-state index in [4.69, 9.17) is 9.47 Å². The molecule has 25 heavy (non-hydrogen) atoms. The molecule has 134 valence electrons. The Morgan fingerprint density at radius 1 is 1.24 bits per heavy atom. The minimum absolute atomic E-state index is 0.135. The van der Waals surface area contributed by atoms with Gasteiger partial charge >= 0.3 is 12.1 Å². The number of ether oxygens (including phenoxy) is 2. The molecule has 1 amide bonds. The summed E-state index contributed by atoms with van der Waals surface area (Å²) in [6.45, 7) is 5.15. The van der Waals surface area contributed by atoms with Gasteiger partial charge in [-0.05, 0) is 44.5 Å². The summed E-state index contributed by atoms with van der Waals surface area (Å²) in [5.41, 5.74) is 0.818. The highest BCUT2D eigenvalue weighted by Gasteiger charge is 2.24. The summed E-state index contributed by atoms with van der Waals surface area (Å²) in [5, 5.41) is 12.6. The van der Waals surface area contributed by atoms with Gasteiger partial charge in [0.15, 0.2) is 0 Å². The van der Waals surface area contributed by atoms with Crippen LogP contribution in [-0.4, -0.2) is 40.9 Å². The number of methoxy groups -OCH3 is 1. The molecule has 2 aromatic rings. The largest absolute Gasteiger partial charge is 0.481 e. The predicted octanol–water partition coefficient (Wildman–Crippen LogP) is 2.76. The quantitative estimate of drug-likeness (QED) is 0.864. The number of nitrogens with one attached hydrogen (secondary N) is 1. The molecular formula is C18H22N2O5. The summed E-state index contributed by atoms with van der Waals surface area (Å²) < 4.78 is 10.2. The number of aliphatic carboxylic acids is 1. The van der Waals surface area contributed by atoms with Crippen LogP contribution in [-0.2, 0) is 16.0 Å². The summed E-state index contributed by atoms with van der Waals surface area (Å²) in [7, 11) is 1.54. The minimum atomic E-state index is -1.13. The number of nitrogens with zero attached hydrogens (tertiary/aromatic N) is 1. The third kappa shape index (κ3) is 5.34. The zero-order valence-electron chi connectivity index (χ0n) is 14.7. The van der Waals surface area contributed by atoms with Crippen molar-refractivity contribution in [2.75, 3.05) is 7.11 Å². The van der Waals surface area contributed by atoms with Crippen LogP contribution in [0.15, 0.2) is 30.3 Å². The van der Waals surface area contributed by atoms with Crippen molar-refractivity contribution in [3.63, 3.8) is 0 Å². The van der Waals surface area contributed by atoms with E-state index in [0.717, 1.165) is 16.5 Å². The van der Waals surface area contributed by atoms with Crippen LogP contribution < -0.4 is 10.1 Å². The van der Waals surface area contributed by atoms with Crippen LogP contribution in [0.25, 0.3) is 10.9 Å². The minimum Gasteiger partial charge on any atom is -0.481 e. The van der Waals surface area contributed by atoms with Gasteiger partial charge in [0, 0.05) is 17.9 Å². The van der Waals surface area contributed by atoms with Gasteiger partial charge in [-0.25, -0.2) is 14.6 Å². The molecule has 7 heteroatoms. The number of benzene rings is 1. The van der Waals surface area contributed by atoms with Crippen LogP contribution in [0.4, 0.5) is 4.79 Å². The van der Waals surface area contributed by atoms with E-state index in [0.29, 0.717) is 5.88 Å². The molecule has 0 fully saturated rings. The van der Waals surface area contributed by atoms with Gasteiger partial charge in [-0.3, -0.25) is 0 Å². The zero-order chi connectivity index (χ0) is 18.6. The number of amides is 1. The average Bonchev–Trinajstić information content (AvgIpc) is 2.51. The Balaban J connectivity index is 2.15. The Morgan fingerprint density at radius 2 is 1.96 bits per heavy atom. The van der Waals surface area contributed by atoms with E-state index in [-0.39, 0.29) is 6.42 Å². The Labute approximate surface area is 146 Å². The highest BCUT2D eigenvalue weighted by Crippen LogP contribution is 2.19. The fraction of sp³-hybridized carbons (Fsp3) is 0.389. The molecular weight excluding hydrogens is 324 g/mol. The van der Waals surface area contributed by atoms with Gasteiger partial charge in [0.25, 0.3) is 0 Å². The third-order valence-electron chi connectivity index (χ3n) is 3.37. The lowest BCUT2D eigenvalue weighted by atomic mass is 10.0. The molecule has 7 nitrogen and oxygen atoms in total. The molecule has 1 aromatic heterocycles. The maximum atomic E-state index is 11.8. The molecule has 0 radical (unpaired) electrons. The Morgan fingerprint density at radius 3 is 2.56 bits per heavy atom. The van der Waals surface area contributed by atoms with E-state index in [2.05, 4.69) is 10.3 Å². The summed E-state index contributed by atoms with van der Waals surface area (Å²) in [6, 6.07) is 7.91. The standard InChI is InChI=1S/C18H22N2O5/c1-18(2,3)25-17(23)20-14(16(21)22)10-11-5-7-13-12(9-11)6-8-15(19-13)24-4/h5-9,14H,10H2,1-4H3,(H,20,23)(H,21,22). The maximum Gasteiger partial charge on any atom is 0.408 e. The number of carboxylic acid groups (broad SMARTS) is 1. The molecule has 0 saturated carbocycles. The molecule has 1 aromatic carbocycles. The van der Waals surface area contributed by atoms with Gasteiger partial charge in [0.05, 0.1) is 12.6 Å². The number of carbonyl (C=O) groups is 2. The number of fused-ring (bicyclic) bond motifs is 1. The Kier molecular flexibility index (Phi) is 5.46. The normalized spacial score (nSPS) is 12.5.